The molecule has 25 heavy (non-hydrogen) atoms. The van der Waals surface area contributed by atoms with Crippen LogP contribution in [0.25, 0.3) is 0 Å². The minimum atomic E-state index is -1.66. The molecule has 0 aliphatic carbocycles. The summed E-state index contributed by atoms with van der Waals surface area (Å²) in [5.41, 5.74) is -0.0371. The van der Waals surface area contributed by atoms with Gasteiger partial charge in [0.05, 0.1) is 5.69 Å². The van der Waals surface area contributed by atoms with Gasteiger partial charge in [-0.1, -0.05) is 11.6 Å². The number of carbonyl (C=O) groups excluding carboxylic acids is 2. The Morgan fingerprint density at radius 1 is 1.04 bits per heavy atom. The van der Waals surface area contributed by atoms with Gasteiger partial charge in [-0.2, -0.15) is 0 Å². The van der Waals surface area contributed by atoms with E-state index in [1.54, 1.807) is 12.1 Å². The third kappa shape index (κ3) is 4.51. The second-order valence-corrected chi connectivity index (χ2v) is 5.56. The normalized spacial score (nSPS) is 10.4. The van der Waals surface area contributed by atoms with Crippen LogP contribution in [0.1, 0.15) is 17.3 Å². The van der Waals surface area contributed by atoms with E-state index in [4.69, 9.17) is 11.6 Å². The number of nitrogens with one attached hydrogen (secondary N) is 1. The van der Waals surface area contributed by atoms with Crippen molar-refractivity contribution in [3.63, 3.8) is 0 Å². The molecule has 8 heteroatoms. The SMILES string of the molecule is CC(=O)N(CCNC(=O)c1ccc(Cl)cc1)c1ccc(F)c(F)c1F. The molecule has 2 rings (SSSR count). The Hall–Kier alpha value is -2.54. The first kappa shape index (κ1) is 18.8. The van der Waals surface area contributed by atoms with Crippen LogP contribution in [0.15, 0.2) is 36.4 Å². The van der Waals surface area contributed by atoms with Crippen molar-refractivity contribution in [1.29, 1.82) is 0 Å². The lowest BCUT2D eigenvalue weighted by atomic mass is 10.2. The Morgan fingerprint density at radius 3 is 2.28 bits per heavy atom. The zero-order valence-corrected chi connectivity index (χ0v) is 13.9. The summed E-state index contributed by atoms with van der Waals surface area (Å²) < 4.78 is 40.2. The molecule has 1 N–H and O–H groups in total. The molecule has 0 atom stereocenters. The first-order valence-electron chi connectivity index (χ1n) is 7.26. The number of anilines is 1. The molecular weight excluding hydrogens is 357 g/mol. The first-order chi connectivity index (χ1) is 11.8. The predicted molar refractivity (Wildman–Crippen MR) is 88.1 cm³/mol. The molecule has 0 fully saturated rings. The molecule has 0 saturated heterocycles. The molecule has 2 aromatic rings. The minimum Gasteiger partial charge on any atom is -0.350 e. The highest BCUT2D eigenvalue weighted by atomic mass is 35.5. The van der Waals surface area contributed by atoms with E-state index in [1.165, 1.54) is 12.1 Å². The predicted octanol–water partition coefficient (Wildman–Crippen LogP) is 3.54. The fraction of sp³-hybridized carbons (Fsp3) is 0.176. The van der Waals surface area contributed by atoms with Gasteiger partial charge in [0.25, 0.3) is 5.91 Å². The summed E-state index contributed by atoms with van der Waals surface area (Å²) in [7, 11) is 0. The van der Waals surface area contributed by atoms with E-state index in [0.717, 1.165) is 24.0 Å². The molecular formula is C17H14ClF3N2O2. The van der Waals surface area contributed by atoms with Crippen LogP contribution in [0.5, 0.6) is 0 Å². The van der Waals surface area contributed by atoms with Crippen LogP contribution >= 0.6 is 11.6 Å². The van der Waals surface area contributed by atoms with Crippen LogP contribution in [0.4, 0.5) is 18.9 Å². The third-order valence-electron chi connectivity index (χ3n) is 3.41. The summed E-state index contributed by atoms with van der Waals surface area (Å²) in [4.78, 5) is 24.6. The molecule has 2 aromatic carbocycles. The van der Waals surface area contributed by atoms with E-state index in [0.29, 0.717) is 10.6 Å². The number of carbonyl (C=O) groups is 2. The van der Waals surface area contributed by atoms with Crippen molar-refractivity contribution in [2.24, 2.45) is 0 Å². The van der Waals surface area contributed by atoms with Crippen LogP contribution < -0.4 is 10.2 Å². The number of halogens is 4. The summed E-state index contributed by atoms with van der Waals surface area (Å²) in [6, 6.07) is 7.85. The number of benzene rings is 2. The van der Waals surface area contributed by atoms with Gasteiger partial charge < -0.3 is 10.2 Å². The lowest BCUT2D eigenvalue weighted by molar-refractivity contribution is -0.116. The maximum absolute atomic E-state index is 13.9. The zero-order chi connectivity index (χ0) is 18.6. The van der Waals surface area contributed by atoms with Crippen molar-refractivity contribution < 1.29 is 22.8 Å². The van der Waals surface area contributed by atoms with E-state index in [1.807, 2.05) is 0 Å². The quantitative estimate of drug-likeness (QED) is 0.818. The Morgan fingerprint density at radius 2 is 1.68 bits per heavy atom. The number of hydrogen-bond acceptors (Lipinski definition) is 2. The molecule has 0 saturated carbocycles. The van der Waals surface area contributed by atoms with E-state index in [9.17, 15) is 22.8 Å². The lowest BCUT2D eigenvalue weighted by Crippen LogP contribution is -2.38. The highest BCUT2D eigenvalue weighted by Crippen LogP contribution is 2.23. The zero-order valence-electron chi connectivity index (χ0n) is 13.2. The van der Waals surface area contributed by atoms with Gasteiger partial charge in [-0.3, -0.25) is 9.59 Å². The summed E-state index contributed by atoms with van der Waals surface area (Å²) in [5.74, 6) is -5.45. The van der Waals surface area contributed by atoms with Gasteiger partial charge >= 0.3 is 0 Å². The molecule has 0 bridgehead atoms. The van der Waals surface area contributed by atoms with Gasteiger partial charge in [-0.25, -0.2) is 13.2 Å². The molecule has 0 unspecified atom stereocenters. The van der Waals surface area contributed by atoms with Crippen molar-refractivity contribution in [1.82, 2.24) is 5.32 Å². The number of nitrogens with zero attached hydrogens (tertiary/aromatic N) is 1. The van der Waals surface area contributed by atoms with Gasteiger partial charge in [0, 0.05) is 30.6 Å². The van der Waals surface area contributed by atoms with Crippen molar-refractivity contribution in [3.8, 4) is 0 Å². The molecule has 4 nitrogen and oxygen atoms in total. The van der Waals surface area contributed by atoms with Crippen LogP contribution in [0.2, 0.25) is 5.02 Å². The van der Waals surface area contributed by atoms with Gasteiger partial charge in [0.15, 0.2) is 17.5 Å². The Kier molecular flexibility index (Phi) is 6.03. The largest absolute Gasteiger partial charge is 0.350 e. The summed E-state index contributed by atoms with van der Waals surface area (Å²) in [6.07, 6.45) is 0. The number of hydrogen-bond donors (Lipinski definition) is 1. The van der Waals surface area contributed by atoms with Crippen LogP contribution in [0, 0.1) is 17.5 Å². The molecule has 0 spiro atoms. The standard InChI is InChI=1S/C17H14ClF3N2O2/c1-10(24)23(14-7-6-13(19)15(20)16(14)21)9-8-22-17(25)11-2-4-12(18)5-3-11/h2-7H,8-9H2,1H3,(H,22,25). The highest BCUT2D eigenvalue weighted by Gasteiger charge is 2.21. The Balaban J connectivity index is 2.06. The van der Waals surface area contributed by atoms with Crippen LogP contribution in [-0.4, -0.2) is 24.9 Å². The van der Waals surface area contributed by atoms with E-state index < -0.39 is 35.0 Å². The van der Waals surface area contributed by atoms with Crippen molar-refractivity contribution in [3.05, 3.63) is 64.4 Å². The smallest absolute Gasteiger partial charge is 0.251 e. The third-order valence-corrected chi connectivity index (χ3v) is 3.67. The number of amides is 2. The average Bonchev–Trinajstić information content (AvgIpc) is 2.58. The summed E-state index contributed by atoms with van der Waals surface area (Å²) in [6.45, 7) is 1.03. The molecule has 0 radical (unpaired) electrons. The van der Waals surface area contributed by atoms with Gasteiger partial charge in [-0.05, 0) is 36.4 Å². The van der Waals surface area contributed by atoms with Crippen molar-refractivity contribution in [2.75, 3.05) is 18.0 Å². The molecule has 0 aromatic heterocycles. The van der Waals surface area contributed by atoms with Gasteiger partial charge in [0.2, 0.25) is 5.91 Å². The first-order valence-corrected chi connectivity index (χ1v) is 7.64. The second kappa shape index (κ2) is 8.02. The molecule has 0 heterocycles. The van der Waals surface area contributed by atoms with Crippen LogP contribution in [-0.2, 0) is 4.79 Å². The Bertz CT molecular complexity index is 797. The maximum Gasteiger partial charge on any atom is 0.251 e. The van der Waals surface area contributed by atoms with Gasteiger partial charge in [-0.15, -0.1) is 0 Å². The molecule has 132 valence electrons. The lowest BCUT2D eigenvalue weighted by Gasteiger charge is -2.22. The van der Waals surface area contributed by atoms with Crippen molar-refractivity contribution in [2.45, 2.75) is 6.92 Å². The maximum atomic E-state index is 13.9. The minimum absolute atomic E-state index is 0.0144. The average molecular weight is 371 g/mol. The summed E-state index contributed by atoms with van der Waals surface area (Å²) in [5, 5.41) is 3.03. The second-order valence-electron chi connectivity index (χ2n) is 5.13. The van der Waals surface area contributed by atoms with E-state index >= 15 is 0 Å². The fourth-order valence-corrected chi connectivity index (χ4v) is 2.28. The van der Waals surface area contributed by atoms with Gasteiger partial charge in [0.1, 0.15) is 0 Å². The highest BCUT2D eigenvalue weighted by molar-refractivity contribution is 6.30. The monoisotopic (exact) mass is 370 g/mol. The fourth-order valence-electron chi connectivity index (χ4n) is 2.16. The van der Waals surface area contributed by atoms with Crippen LogP contribution in [0.3, 0.4) is 0 Å². The topological polar surface area (TPSA) is 49.4 Å². The van der Waals surface area contributed by atoms with E-state index in [2.05, 4.69) is 5.32 Å². The van der Waals surface area contributed by atoms with E-state index in [-0.39, 0.29) is 13.1 Å². The number of rotatable bonds is 5. The molecule has 2 amide bonds. The molecule has 0 aliphatic rings. The Labute approximate surface area is 147 Å². The summed E-state index contributed by atoms with van der Waals surface area (Å²) >= 11 is 5.73. The van der Waals surface area contributed by atoms with Crippen molar-refractivity contribution >= 4 is 29.1 Å². The molecule has 0 aliphatic heterocycles.